The van der Waals surface area contributed by atoms with Gasteiger partial charge in [-0.05, 0) is 61.4 Å². The van der Waals surface area contributed by atoms with Crippen molar-refractivity contribution in [1.29, 1.82) is 0 Å². The molecule has 2 N–H and O–H groups in total. The molecule has 0 aromatic heterocycles. The minimum Gasteiger partial charge on any atom is -0.508 e. The summed E-state index contributed by atoms with van der Waals surface area (Å²) >= 11 is 0. The van der Waals surface area contributed by atoms with Gasteiger partial charge in [-0.3, -0.25) is 0 Å². The molecule has 174 valence electrons. The van der Waals surface area contributed by atoms with Gasteiger partial charge in [0.1, 0.15) is 29.1 Å². The van der Waals surface area contributed by atoms with Crippen molar-refractivity contribution in [2.75, 3.05) is 6.61 Å². The summed E-state index contributed by atoms with van der Waals surface area (Å²) in [6.45, 7) is 15.3. The van der Waals surface area contributed by atoms with Gasteiger partial charge in [0.15, 0.2) is 0 Å². The van der Waals surface area contributed by atoms with E-state index in [-0.39, 0.29) is 17.8 Å². The van der Waals surface area contributed by atoms with Gasteiger partial charge in [0.25, 0.3) is 0 Å². The Balaban J connectivity index is 0.000000268. The Hall–Kier alpha value is -2.40. The van der Waals surface area contributed by atoms with Crippen LogP contribution in [0.1, 0.15) is 61.3 Å². The van der Waals surface area contributed by atoms with E-state index >= 15 is 0 Å². The molecule has 5 nitrogen and oxygen atoms in total. The smallest absolute Gasteiger partial charge is 0.204 e. The third-order valence-corrected chi connectivity index (χ3v) is 5.11. The summed E-state index contributed by atoms with van der Waals surface area (Å²) in [6.07, 6.45) is 2.57. The fourth-order valence-electron chi connectivity index (χ4n) is 2.92. The Morgan fingerprint density at radius 1 is 0.806 bits per heavy atom. The highest BCUT2D eigenvalue weighted by Gasteiger charge is 2.40. The minimum atomic E-state index is -0.121. The second-order valence-corrected chi connectivity index (χ2v) is 7.92. The fraction of sp³-hybridized carbons (Fsp3) is 0.538. The van der Waals surface area contributed by atoms with Gasteiger partial charge in [0.05, 0.1) is 6.61 Å². The van der Waals surface area contributed by atoms with Crippen LogP contribution in [0, 0.1) is 11.3 Å². The number of ether oxygens (including phenoxy) is 3. The van der Waals surface area contributed by atoms with Gasteiger partial charge < -0.3 is 24.4 Å². The Bertz CT molecular complexity index is 724. The molecule has 2 aromatic rings. The maximum Gasteiger partial charge on any atom is 0.204 e. The van der Waals surface area contributed by atoms with E-state index in [1.54, 1.807) is 36.4 Å². The van der Waals surface area contributed by atoms with Crippen LogP contribution in [0.3, 0.4) is 0 Å². The average Bonchev–Trinajstić information content (AvgIpc) is 2.79. The molecule has 1 aliphatic carbocycles. The summed E-state index contributed by atoms with van der Waals surface area (Å²) in [5, 5.41) is 18.1. The quantitative estimate of drug-likeness (QED) is 0.557. The summed E-state index contributed by atoms with van der Waals surface area (Å²) in [7, 11) is 0. The van der Waals surface area contributed by atoms with Crippen molar-refractivity contribution in [3.8, 4) is 23.0 Å². The second kappa shape index (κ2) is 13.1. The summed E-state index contributed by atoms with van der Waals surface area (Å²) in [4.78, 5) is 0. The predicted molar refractivity (Wildman–Crippen MR) is 126 cm³/mol. The van der Waals surface area contributed by atoms with Gasteiger partial charge >= 0.3 is 0 Å². The molecule has 4 rings (SSSR count). The third kappa shape index (κ3) is 8.33. The molecule has 1 aliphatic heterocycles. The first-order valence-corrected chi connectivity index (χ1v) is 11.4. The van der Waals surface area contributed by atoms with Crippen molar-refractivity contribution in [3.05, 3.63) is 48.5 Å². The standard InChI is InChI=1S/C12H16O2.C10H12O3.2C2H6/c1-12(2)8-7-11(12)14-10-5-3-9(13)4-6-10;1-7-6-12-10(7)13-9-4-2-8(11)3-5-9;2*1-2/h3-6,11,13H,7-8H2,1-2H3;2-5,7,10-11H,6H2,1H3;2*1-2H3. The summed E-state index contributed by atoms with van der Waals surface area (Å²) < 4.78 is 16.5. The Morgan fingerprint density at radius 2 is 1.26 bits per heavy atom. The van der Waals surface area contributed by atoms with E-state index in [0.29, 0.717) is 17.4 Å². The summed E-state index contributed by atoms with van der Waals surface area (Å²) in [5.41, 5.74) is 0.303. The Kier molecular flexibility index (Phi) is 11.3. The van der Waals surface area contributed by atoms with E-state index < -0.39 is 0 Å². The van der Waals surface area contributed by atoms with Gasteiger partial charge in [0, 0.05) is 11.3 Å². The number of phenolic OH excluding ortho intramolecular Hbond substituents is 2. The topological polar surface area (TPSA) is 68.2 Å². The monoisotopic (exact) mass is 432 g/mol. The van der Waals surface area contributed by atoms with Gasteiger partial charge in [-0.15, -0.1) is 0 Å². The molecule has 3 unspecified atom stereocenters. The number of hydrogen-bond donors (Lipinski definition) is 2. The molecule has 2 fully saturated rings. The van der Waals surface area contributed by atoms with Gasteiger partial charge in [-0.25, -0.2) is 0 Å². The lowest BCUT2D eigenvalue weighted by atomic mass is 9.69. The van der Waals surface area contributed by atoms with Crippen LogP contribution in [-0.2, 0) is 4.74 Å². The van der Waals surface area contributed by atoms with E-state index in [9.17, 15) is 0 Å². The van der Waals surface area contributed by atoms with Crippen molar-refractivity contribution in [3.63, 3.8) is 0 Å². The Labute approximate surface area is 188 Å². The minimum absolute atomic E-state index is 0.121. The third-order valence-electron chi connectivity index (χ3n) is 5.11. The second-order valence-electron chi connectivity index (χ2n) is 7.92. The van der Waals surface area contributed by atoms with Crippen molar-refractivity contribution in [2.45, 2.75) is 73.7 Å². The van der Waals surface area contributed by atoms with Gasteiger partial charge in [0.2, 0.25) is 6.29 Å². The van der Waals surface area contributed by atoms with Crippen LogP contribution in [0.2, 0.25) is 0 Å². The molecular formula is C26H40O5. The molecule has 2 aliphatic rings. The van der Waals surface area contributed by atoms with Crippen LogP contribution in [-0.4, -0.2) is 29.2 Å². The van der Waals surface area contributed by atoms with Crippen LogP contribution < -0.4 is 9.47 Å². The molecule has 1 heterocycles. The average molecular weight is 433 g/mol. The highest BCUT2D eigenvalue weighted by atomic mass is 16.7. The Morgan fingerprint density at radius 3 is 1.55 bits per heavy atom. The molecular weight excluding hydrogens is 392 g/mol. The SMILES string of the molecule is CC.CC.CC1(C)CCC1Oc1ccc(O)cc1.CC1COC1Oc1ccc(O)cc1. The number of hydrogen-bond acceptors (Lipinski definition) is 5. The van der Waals surface area contributed by atoms with E-state index in [1.165, 1.54) is 6.42 Å². The zero-order valence-corrected chi connectivity index (χ0v) is 20.1. The molecule has 1 saturated carbocycles. The summed E-state index contributed by atoms with van der Waals surface area (Å²) in [5.74, 6) is 2.56. The predicted octanol–water partition coefficient (Wildman–Crippen LogP) is 6.78. The highest BCUT2D eigenvalue weighted by molar-refractivity contribution is 5.31. The highest BCUT2D eigenvalue weighted by Crippen LogP contribution is 2.42. The van der Waals surface area contributed by atoms with Crippen LogP contribution in [0.25, 0.3) is 0 Å². The van der Waals surface area contributed by atoms with Gasteiger partial charge in [-0.1, -0.05) is 48.5 Å². The van der Waals surface area contributed by atoms with Crippen molar-refractivity contribution in [1.82, 2.24) is 0 Å². The van der Waals surface area contributed by atoms with Crippen molar-refractivity contribution < 1.29 is 24.4 Å². The molecule has 3 atom stereocenters. The van der Waals surface area contributed by atoms with Crippen molar-refractivity contribution >= 4 is 0 Å². The maximum atomic E-state index is 9.11. The molecule has 0 amide bonds. The van der Waals surface area contributed by atoms with Gasteiger partial charge in [-0.2, -0.15) is 0 Å². The summed E-state index contributed by atoms with van der Waals surface area (Å²) in [6, 6.07) is 13.6. The first-order chi connectivity index (χ1) is 14.8. The molecule has 1 saturated heterocycles. The van der Waals surface area contributed by atoms with E-state index in [0.717, 1.165) is 24.5 Å². The van der Waals surface area contributed by atoms with Crippen molar-refractivity contribution in [2.24, 2.45) is 11.3 Å². The lowest BCUT2D eigenvalue weighted by molar-refractivity contribution is -0.209. The molecule has 2 aromatic carbocycles. The number of rotatable bonds is 4. The maximum absolute atomic E-state index is 9.11. The lowest BCUT2D eigenvalue weighted by Crippen LogP contribution is -2.43. The van der Waals surface area contributed by atoms with E-state index in [1.807, 2.05) is 39.8 Å². The molecule has 31 heavy (non-hydrogen) atoms. The van der Waals surface area contributed by atoms with Crippen LogP contribution in [0.5, 0.6) is 23.0 Å². The molecule has 5 heteroatoms. The fourth-order valence-corrected chi connectivity index (χ4v) is 2.92. The number of benzene rings is 2. The van der Waals surface area contributed by atoms with E-state index in [2.05, 4.69) is 20.8 Å². The number of phenols is 2. The first kappa shape index (κ1) is 26.6. The zero-order valence-electron chi connectivity index (χ0n) is 20.1. The van der Waals surface area contributed by atoms with Crippen LogP contribution in [0.4, 0.5) is 0 Å². The van der Waals surface area contributed by atoms with Crippen LogP contribution in [0.15, 0.2) is 48.5 Å². The largest absolute Gasteiger partial charge is 0.508 e. The zero-order chi connectivity index (χ0) is 23.4. The normalized spacial score (nSPS) is 22.4. The van der Waals surface area contributed by atoms with E-state index in [4.69, 9.17) is 24.4 Å². The lowest BCUT2D eigenvalue weighted by Gasteiger charge is -2.43. The molecule has 0 radical (unpaired) electrons. The molecule has 0 spiro atoms. The van der Waals surface area contributed by atoms with Crippen LogP contribution >= 0.6 is 0 Å². The number of aromatic hydroxyl groups is 2. The first-order valence-electron chi connectivity index (χ1n) is 11.4. The molecule has 0 bridgehead atoms.